The predicted molar refractivity (Wildman–Crippen MR) is 123 cm³/mol. The fraction of sp³-hybridized carbons (Fsp3) is 0.250. The first kappa shape index (κ1) is 23.0. The summed E-state index contributed by atoms with van der Waals surface area (Å²) in [7, 11) is 1.31. The van der Waals surface area contributed by atoms with Crippen LogP contribution in [0.3, 0.4) is 0 Å². The van der Waals surface area contributed by atoms with E-state index in [0.717, 1.165) is 17.5 Å². The van der Waals surface area contributed by atoms with E-state index in [0.29, 0.717) is 23.0 Å². The van der Waals surface area contributed by atoms with Gasteiger partial charge in [-0.15, -0.1) is 10.2 Å². The molecule has 1 unspecified atom stereocenters. The van der Waals surface area contributed by atoms with Gasteiger partial charge in [0.2, 0.25) is 5.88 Å². The quantitative estimate of drug-likeness (QED) is 0.469. The Kier molecular flexibility index (Phi) is 7.11. The van der Waals surface area contributed by atoms with Crippen molar-refractivity contribution in [1.29, 1.82) is 0 Å². The van der Waals surface area contributed by atoms with Crippen LogP contribution in [-0.2, 0) is 9.53 Å². The Balaban J connectivity index is 1.57. The first-order valence-corrected chi connectivity index (χ1v) is 11.1. The van der Waals surface area contributed by atoms with Gasteiger partial charge in [-0.1, -0.05) is 53.5 Å². The summed E-state index contributed by atoms with van der Waals surface area (Å²) in [5, 5.41) is 9.29. The van der Waals surface area contributed by atoms with Gasteiger partial charge in [-0.2, -0.15) is 0 Å². The fourth-order valence-electron chi connectivity index (χ4n) is 3.79. The van der Waals surface area contributed by atoms with Crippen molar-refractivity contribution in [2.24, 2.45) is 0 Å². The molecule has 3 aromatic rings. The number of amides is 1. The van der Waals surface area contributed by atoms with Gasteiger partial charge in [0.05, 0.1) is 7.11 Å². The molecule has 1 aliphatic heterocycles. The molecule has 2 heterocycles. The molecular weight excluding hydrogens is 465 g/mol. The van der Waals surface area contributed by atoms with Crippen LogP contribution in [0.1, 0.15) is 40.6 Å². The maximum absolute atomic E-state index is 12.9. The zero-order chi connectivity index (χ0) is 23.4. The molecule has 0 radical (unpaired) electrons. The van der Waals surface area contributed by atoms with Gasteiger partial charge >= 0.3 is 5.97 Å². The number of nitrogens with zero attached hydrogens (tertiary/aromatic N) is 3. The Labute approximate surface area is 201 Å². The number of carbonyl (C=O) groups excluding carboxylic acids is 2. The maximum atomic E-state index is 12.9. The Morgan fingerprint density at radius 1 is 1.03 bits per heavy atom. The van der Waals surface area contributed by atoms with Crippen LogP contribution in [0.2, 0.25) is 10.0 Å². The molecule has 1 aliphatic rings. The van der Waals surface area contributed by atoms with Crippen molar-refractivity contribution in [1.82, 2.24) is 15.1 Å². The minimum atomic E-state index is -0.602. The summed E-state index contributed by atoms with van der Waals surface area (Å²) in [6, 6.07) is 17.1. The smallest absolute Gasteiger partial charge is 0.328 e. The second-order valence-electron chi connectivity index (χ2n) is 7.51. The highest BCUT2D eigenvalue weighted by molar-refractivity contribution is 6.31. The number of ether oxygens (including phenoxy) is 2. The summed E-state index contributed by atoms with van der Waals surface area (Å²) in [5.74, 6) is -0.584. The van der Waals surface area contributed by atoms with E-state index in [1.165, 1.54) is 18.1 Å². The lowest BCUT2D eigenvalue weighted by Crippen LogP contribution is -2.41. The van der Waals surface area contributed by atoms with Crippen LogP contribution in [0.5, 0.6) is 5.88 Å². The summed E-state index contributed by atoms with van der Waals surface area (Å²) in [6.45, 7) is 0.462. The Morgan fingerprint density at radius 2 is 1.79 bits per heavy atom. The van der Waals surface area contributed by atoms with E-state index in [1.54, 1.807) is 24.3 Å². The lowest BCUT2D eigenvalue weighted by atomic mass is 10.0. The second-order valence-corrected chi connectivity index (χ2v) is 8.35. The molecule has 0 saturated carbocycles. The number of hydrogen-bond donors (Lipinski definition) is 0. The third kappa shape index (κ3) is 5.10. The predicted octanol–water partition coefficient (Wildman–Crippen LogP) is 4.73. The minimum absolute atomic E-state index is 0.124. The molecule has 33 heavy (non-hydrogen) atoms. The summed E-state index contributed by atoms with van der Waals surface area (Å²) < 4.78 is 11.0. The molecule has 0 N–H and O–H groups in total. The second kappa shape index (κ2) is 10.2. The SMILES string of the molecule is COC(=O)[C@@H]1CCCN1C(=O)c1ccc(OC(c2ccc(Cl)cc2)c2ccccc2Cl)nn1. The van der Waals surface area contributed by atoms with Gasteiger partial charge in [0.1, 0.15) is 6.04 Å². The summed E-state index contributed by atoms with van der Waals surface area (Å²) in [6.07, 6.45) is 0.725. The van der Waals surface area contributed by atoms with Crippen molar-refractivity contribution in [3.63, 3.8) is 0 Å². The highest BCUT2D eigenvalue weighted by atomic mass is 35.5. The van der Waals surface area contributed by atoms with Crippen molar-refractivity contribution in [3.8, 4) is 5.88 Å². The highest BCUT2D eigenvalue weighted by Crippen LogP contribution is 2.32. The van der Waals surface area contributed by atoms with Crippen molar-refractivity contribution in [3.05, 3.63) is 87.5 Å². The summed E-state index contributed by atoms with van der Waals surface area (Å²) in [5.41, 5.74) is 1.70. The molecule has 4 rings (SSSR count). The molecule has 7 nitrogen and oxygen atoms in total. The number of methoxy groups -OCH3 is 1. The number of rotatable bonds is 6. The van der Waals surface area contributed by atoms with Gasteiger partial charge in [-0.25, -0.2) is 4.79 Å². The molecule has 2 aromatic carbocycles. The number of carbonyl (C=O) groups is 2. The number of benzene rings is 2. The Bertz CT molecular complexity index is 1140. The lowest BCUT2D eigenvalue weighted by molar-refractivity contribution is -0.145. The molecule has 0 aliphatic carbocycles. The van der Waals surface area contributed by atoms with Crippen LogP contribution in [0.25, 0.3) is 0 Å². The van der Waals surface area contributed by atoms with Gasteiger partial charge in [0, 0.05) is 28.2 Å². The number of halogens is 2. The molecule has 1 aromatic heterocycles. The molecular formula is C24H21Cl2N3O4. The standard InChI is InChI=1S/C24H21Cl2N3O4/c1-32-24(31)20-7-4-14-29(20)23(30)19-12-13-21(28-27-19)33-22(15-8-10-16(25)11-9-15)17-5-2-3-6-18(17)26/h2-3,5-6,8-13,20,22H,4,7,14H2,1H3/t20-,22?/m0/s1. The van der Waals surface area contributed by atoms with E-state index in [4.69, 9.17) is 32.7 Å². The third-order valence-corrected chi connectivity index (χ3v) is 6.04. The molecule has 9 heteroatoms. The average molecular weight is 486 g/mol. The van der Waals surface area contributed by atoms with E-state index >= 15 is 0 Å². The van der Waals surface area contributed by atoms with E-state index in [9.17, 15) is 9.59 Å². The van der Waals surface area contributed by atoms with E-state index in [1.807, 2.05) is 30.3 Å². The van der Waals surface area contributed by atoms with Gasteiger partial charge in [0.25, 0.3) is 5.91 Å². The van der Waals surface area contributed by atoms with Gasteiger partial charge in [0.15, 0.2) is 11.8 Å². The number of hydrogen-bond acceptors (Lipinski definition) is 6. The largest absolute Gasteiger partial charge is 0.467 e. The maximum Gasteiger partial charge on any atom is 0.328 e. The Morgan fingerprint density at radius 3 is 2.45 bits per heavy atom. The molecule has 0 spiro atoms. The zero-order valence-corrected chi connectivity index (χ0v) is 19.3. The van der Waals surface area contributed by atoms with Crippen LogP contribution in [-0.4, -0.2) is 46.7 Å². The minimum Gasteiger partial charge on any atom is -0.467 e. The van der Waals surface area contributed by atoms with Gasteiger partial charge in [-0.3, -0.25) is 4.79 Å². The Hall–Kier alpha value is -3.16. The first-order chi connectivity index (χ1) is 16.0. The van der Waals surface area contributed by atoms with Crippen LogP contribution in [0, 0.1) is 0 Å². The highest BCUT2D eigenvalue weighted by Gasteiger charge is 2.36. The van der Waals surface area contributed by atoms with Gasteiger partial charge in [-0.05, 0) is 42.7 Å². The summed E-state index contributed by atoms with van der Waals surface area (Å²) >= 11 is 12.5. The van der Waals surface area contributed by atoms with Crippen molar-refractivity contribution in [2.45, 2.75) is 25.0 Å². The van der Waals surface area contributed by atoms with Crippen LogP contribution in [0.15, 0.2) is 60.7 Å². The van der Waals surface area contributed by atoms with Crippen molar-refractivity contribution >= 4 is 35.1 Å². The topological polar surface area (TPSA) is 81.6 Å². The van der Waals surface area contributed by atoms with E-state index in [-0.39, 0.29) is 17.5 Å². The first-order valence-electron chi connectivity index (χ1n) is 10.4. The normalized spacial score (nSPS) is 16.3. The monoisotopic (exact) mass is 485 g/mol. The zero-order valence-electron chi connectivity index (χ0n) is 17.8. The van der Waals surface area contributed by atoms with Crippen molar-refractivity contribution in [2.75, 3.05) is 13.7 Å². The van der Waals surface area contributed by atoms with Crippen LogP contribution >= 0.6 is 23.2 Å². The molecule has 1 fully saturated rings. The molecule has 0 bridgehead atoms. The number of esters is 1. The van der Waals surface area contributed by atoms with E-state index in [2.05, 4.69) is 10.2 Å². The molecule has 1 saturated heterocycles. The van der Waals surface area contributed by atoms with Gasteiger partial charge < -0.3 is 14.4 Å². The fourth-order valence-corrected chi connectivity index (χ4v) is 4.15. The molecule has 1 amide bonds. The van der Waals surface area contributed by atoms with Crippen LogP contribution in [0.4, 0.5) is 0 Å². The molecule has 2 atom stereocenters. The number of aromatic nitrogens is 2. The van der Waals surface area contributed by atoms with Crippen LogP contribution < -0.4 is 4.74 Å². The summed E-state index contributed by atoms with van der Waals surface area (Å²) in [4.78, 5) is 26.3. The number of likely N-dealkylation sites (tertiary alicyclic amines) is 1. The average Bonchev–Trinajstić information content (AvgIpc) is 3.33. The lowest BCUT2D eigenvalue weighted by Gasteiger charge is -2.22. The van der Waals surface area contributed by atoms with Crippen molar-refractivity contribution < 1.29 is 19.1 Å². The van der Waals surface area contributed by atoms with E-state index < -0.39 is 18.1 Å². The third-order valence-electron chi connectivity index (χ3n) is 5.45. The molecule has 170 valence electrons.